The number of hydrogen-bond acceptors (Lipinski definition) is 13. The molecule has 5 atom stereocenters. The summed E-state index contributed by atoms with van der Waals surface area (Å²) in [5.74, 6) is 1.43. The summed E-state index contributed by atoms with van der Waals surface area (Å²) >= 11 is 8.52. The van der Waals surface area contributed by atoms with E-state index in [1.165, 1.54) is 48.6 Å². The number of esters is 3. The van der Waals surface area contributed by atoms with E-state index in [0.717, 1.165) is 5.56 Å². The van der Waals surface area contributed by atoms with Gasteiger partial charge in [0.2, 0.25) is 0 Å². The van der Waals surface area contributed by atoms with E-state index in [1.54, 1.807) is 24.0 Å². The Kier molecular flexibility index (Phi) is 10.6. The van der Waals surface area contributed by atoms with Crippen molar-refractivity contribution in [3.05, 3.63) is 40.8 Å². The maximum Gasteiger partial charge on any atom is 0.303 e. The van der Waals surface area contributed by atoms with Crippen LogP contribution in [-0.2, 0) is 33.3 Å². The van der Waals surface area contributed by atoms with Gasteiger partial charge in [0.1, 0.15) is 48.1 Å². The zero-order valence-corrected chi connectivity index (χ0v) is 27.7. The monoisotopic (exact) mass is 663 g/mol. The number of halogens is 1. The van der Waals surface area contributed by atoms with Gasteiger partial charge in [0, 0.05) is 49.0 Å². The Morgan fingerprint density at radius 3 is 2.47 bits per heavy atom. The van der Waals surface area contributed by atoms with E-state index < -0.39 is 55.8 Å². The maximum atomic E-state index is 12.4. The Morgan fingerprint density at radius 1 is 1.12 bits per heavy atom. The number of rotatable bonds is 8. The van der Waals surface area contributed by atoms with Crippen molar-refractivity contribution in [1.82, 2.24) is 25.0 Å². The smallest absolute Gasteiger partial charge is 0.303 e. The lowest BCUT2D eigenvalue weighted by atomic mass is 9.96. The molecule has 3 aromatic rings. The lowest BCUT2D eigenvalue weighted by molar-refractivity contribution is -0.212. The fourth-order valence-corrected chi connectivity index (χ4v) is 6.66. The predicted octanol–water partition coefficient (Wildman–Crippen LogP) is 4.16. The highest BCUT2D eigenvalue weighted by Crippen LogP contribution is 2.41. The van der Waals surface area contributed by atoms with Gasteiger partial charge in [-0.05, 0) is 6.07 Å². The Morgan fingerprint density at radius 2 is 1.84 bits per heavy atom. The number of thioether (sulfide) groups is 1. The number of carbonyl (C=O) groups is 3. The van der Waals surface area contributed by atoms with Crippen molar-refractivity contribution < 1.29 is 33.3 Å². The number of ether oxygens (including phenoxy) is 4. The summed E-state index contributed by atoms with van der Waals surface area (Å²) in [7, 11) is -1.63. The molecule has 1 saturated heterocycles. The first-order chi connectivity index (χ1) is 20.3. The second-order valence-corrected chi connectivity index (χ2v) is 17.7. The van der Waals surface area contributed by atoms with Crippen LogP contribution in [0.3, 0.4) is 0 Å². The molecule has 1 fully saturated rings. The minimum Gasteiger partial charge on any atom is -0.463 e. The van der Waals surface area contributed by atoms with Gasteiger partial charge in [-0.25, -0.2) is 9.67 Å². The Balaban J connectivity index is 1.77. The van der Waals surface area contributed by atoms with Crippen LogP contribution in [0.15, 0.2) is 34.9 Å². The highest BCUT2D eigenvalue weighted by molar-refractivity contribution is 7.99. The third-order valence-electron chi connectivity index (χ3n) is 5.73. The van der Waals surface area contributed by atoms with Crippen LogP contribution in [-0.4, -0.2) is 81.3 Å². The fraction of sp³-hybridized carbons (Fsp3) is 0.444. The molecule has 4 heterocycles. The topological polar surface area (TPSA) is 145 Å². The fourth-order valence-electron chi connectivity index (χ4n) is 4.12. The molecule has 0 saturated carbocycles. The van der Waals surface area contributed by atoms with Gasteiger partial charge in [0.05, 0.1) is 6.20 Å². The van der Waals surface area contributed by atoms with Crippen LogP contribution >= 0.6 is 34.7 Å². The first-order valence-corrected chi connectivity index (χ1v) is 18.7. The van der Waals surface area contributed by atoms with Crippen molar-refractivity contribution in [1.29, 1.82) is 0 Å². The minimum absolute atomic E-state index is 0.239. The number of thiazole rings is 1. The Labute approximate surface area is 262 Å². The second-order valence-electron chi connectivity index (χ2n) is 10.6. The molecule has 12 nitrogen and oxygen atoms in total. The first kappa shape index (κ1) is 32.6. The van der Waals surface area contributed by atoms with Gasteiger partial charge in [-0.15, -0.1) is 22.0 Å². The van der Waals surface area contributed by atoms with Gasteiger partial charge in [0.15, 0.2) is 12.2 Å². The first-order valence-electron chi connectivity index (χ1n) is 13.1. The van der Waals surface area contributed by atoms with Gasteiger partial charge in [-0.3, -0.25) is 19.4 Å². The molecular weight excluding hydrogens is 634 g/mol. The zero-order chi connectivity index (χ0) is 31.3. The van der Waals surface area contributed by atoms with Gasteiger partial charge in [0.25, 0.3) is 0 Å². The molecule has 0 unspecified atom stereocenters. The normalized spacial score (nSPS) is 21.8. The van der Waals surface area contributed by atoms with E-state index in [-0.39, 0.29) is 6.61 Å². The molecule has 0 radical (unpaired) electrons. The van der Waals surface area contributed by atoms with E-state index in [9.17, 15) is 14.4 Å². The van der Waals surface area contributed by atoms with Crippen molar-refractivity contribution in [3.8, 4) is 22.2 Å². The van der Waals surface area contributed by atoms with Crippen molar-refractivity contribution in [2.75, 3.05) is 6.61 Å². The summed E-state index contributed by atoms with van der Waals surface area (Å²) in [5, 5.41) is 11.0. The van der Waals surface area contributed by atoms with Crippen LogP contribution in [0.4, 0.5) is 0 Å². The largest absolute Gasteiger partial charge is 0.463 e. The van der Waals surface area contributed by atoms with Gasteiger partial charge in [-0.2, -0.15) is 0 Å². The van der Waals surface area contributed by atoms with E-state index in [2.05, 4.69) is 51.4 Å². The quantitative estimate of drug-likeness (QED) is 0.148. The molecule has 0 aromatic carbocycles. The highest BCUT2D eigenvalue weighted by atomic mass is 35.5. The zero-order valence-electron chi connectivity index (χ0n) is 24.3. The molecule has 43 heavy (non-hydrogen) atoms. The summed E-state index contributed by atoms with van der Waals surface area (Å²) in [6.45, 7) is 9.97. The van der Waals surface area contributed by atoms with Crippen molar-refractivity contribution in [2.24, 2.45) is 0 Å². The third kappa shape index (κ3) is 9.10. The lowest BCUT2D eigenvalue weighted by Crippen LogP contribution is -2.57. The van der Waals surface area contributed by atoms with Crippen LogP contribution in [0.1, 0.15) is 32.4 Å². The minimum atomic E-state index is -1.63. The van der Waals surface area contributed by atoms with Gasteiger partial charge < -0.3 is 18.9 Å². The summed E-state index contributed by atoms with van der Waals surface area (Å²) < 4.78 is 24.6. The SMILES string of the molecule is CC(=O)OC[C@H]1O[C@H](Sc2cncc(C#C[Si](C)(C)C)c2)[C@H](OC(C)=O)[C@@H](n2cc(-c3nc(Cl)cs3)nn2)[C@H]1OC(C)=O. The number of pyridine rings is 1. The molecule has 0 bridgehead atoms. The van der Waals surface area contributed by atoms with E-state index >= 15 is 0 Å². The lowest BCUT2D eigenvalue weighted by Gasteiger charge is -2.44. The van der Waals surface area contributed by atoms with Gasteiger partial charge in [-0.1, -0.05) is 54.1 Å². The van der Waals surface area contributed by atoms with Crippen LogP contribution in [0.2, 0.25) is 24.8 Å². The van der Waals surface area contributed by atoms with Crippen molar-refractivity contribution >= 4 is 60.7 Å². The molecule has 0 spiro atoms. The number of hydrogen-bond donors (Lipinski definition) is 0. The predicted molar refractivity (Wildman–Crippen MR) is 162 cm³/mol. The number of carbonyl (C=O) groups excluding carboxylic acids is 3. The summed E-state index contributed by atoms with van der Waals surface area (Å²) in [4.78, 5) is 45.7. The van der Waals surface area contributed by atoms with E-state index in [1.807, 2.05) is 6.07 Å². The molecule has 4 rings (SSSR count). The Hall–Kier alpha value is -3.29. The number of nitrogens with zero attached hydrogens (tertiary/aromatic N) is 5. The average molecular weight is 664 g/mol. The molecular formula is C27H30ClN5O7S2Si. The molecule has 228 valence electrons. The van der Waals surface area contributed by atoms with E-state index in [0.29, 0.717) is 20.8 Å². The molecule has 0 N–H and O–H groups in total. The molecule has 1 aliphatic heterocycles. The van der Waals surface area contributed by atoms with Crippen molar-refractivity contribution in [3.63, 3.8) is 0 Å². The van der Waals surface area contributed by atoms with Crippen LogP contribution < -0.4 is 0 Å². The maximum absolute atomic E-state index is 12.4. The molecule has 3 aromatic heterocycles. The number of aromatic nitrogens is 5. The highest BCUT2D eigenvalue weighted by Gasteiger charge is 2.52. The molecule has 16 heteroatoms. The van der Waals surface area contributed by atoms with Gasteiger partial charge >= 0.3 is 17.9 Å². The Bertz CT molecular complexity index is 1550. The van der Waals surface area contributed by atoms with Crippen LogP contribution in [0.25, 0.3) is 10.7 Å². The summed E-state index contributed by atoms with van der Waals surface area (Å²) in [6.07, 6.45) is 1.84. The molecule has 1 aliphatic rings. The molecule has 0 aliphatic carbocycles. The standard InChI is InChI=1S/C27H30ClN5O7S2Si/c1-15(34)37-13-21-24(38-16(2)35)23(33-12-20(31-32-33)26-30-22(28)14-41-26)25(39-17(3)36)27(40-21)42-19-9-18(10-29-11-19)7-8-43(4,5)6/h9-12,14,21,23-25,27H,13H2,1-6H3/t21-,23+,24+,25-,27-/m1/s1. The van der Waals surface area contributed by atoms with Crippen molar-refractivity contribution in [2.45, 2.75) is 75.1 Å². The average Bonchev–Trinajstić information content (AvgIpc) is 3.56. The summed E-state index contributed by atoms with van der Waals surface area (Å²) in [6, 6.07) is 0.937. The summed E-state index contributed by atoms with van der Waals surface area (Å²) in [5.41, 5.74) is 3.58. The van der Waals surface area contributed by atoms with E-state index in [4.69, 9.17) is 30.5 Å². The van der Waals surface area contributed by atoms with Crippen LogP contribution in [0, 0.1) is 11.5 Å². The van der Waals surface area contributed by atoms with Crippen LogP contribution in [0.5, 0.6) is 0 Å². The third-order valence-corrected chi connectivity index (χ3v) is 8.90. The second kappa shape index (κ2) is 14.0. The molecule has 0 amide bonds.